The van der Waals surface area contributed by atoms with Gasteiger partial charge < -0.3 is 10.4 Å². The summed E-state index contributed by atoms with van der Waals surface area (Å²) in [6.07, 6.45) is 1.93. The van der Waals surface area contributed by atoms with Crippen molar-refractivity contribution in [2.24, 2.45) is 11.8 Å². The molecule has 0 saturated heterocycles. The number of carboxylic acids is 1. The van der Waals surface area contributed by atoms with E-state index < -0.39 is 17.8 Å². The maximum absolute atomic E-state index is 12.1. The Labute approximate surface area is 124 Å². The third kappa shape index (κ3) is 3.28. The summed E-state index contributed by atoms with van der Waals surface area (Å²) in [4.78, 5) is 23.2. The molecule has 4 nitrogen and oxygen atoms in total. The van der Waals surface area contributed by atoms with Gasteiger partial charge in [-0.3, -0.25) is 9.59 Å². The van der Waals surface area contributed by atoms with Gasteiger partial charge in [0.25, 0.3) is 0 Å². The molecule has 2 rings (SSSR count). The van der Waals surface area contributed by atoms with Crippen molar-refractivity contribution in [1.82, 2.24) is 0 Å². The molecule has 102 valence electrons. The molecule has 1 amide bonds. The topological polar surface area (TPSA) is 66.4 Å². The second-order valence-corrected chi connectivity index (χ2v) is 5.92. The van der Waals surface area contributed by atoms with Crippen molar-refractivity contribution in [3.8, 4) is 0 Å². The zero-order chi connectivity index (χ0) is 14.0. The summed E-state index contributed by atoms with van der Waals surface area (Å²) in [6, 6.07) is 5.14. The third-order valence-corrected chi connectivity index (χ3v) is 4.18. The Kier molecular flexibility index (Phi) is 4.47. The molecular weight excluding hydrogens is 334 g/mol. The van der Waals surface area contributed by atoms with Crippen LogP contribution in [0.1, 0.15) is 19.3 Å². The van der Waals surface area contributed by atoms with Crippen LogP contribution in [0.5, 0.6) is 0 Å². The summed E-state index contributed by atoms with van der Waals surface area (Å²) in [5.74, 6) is -2.25. The highest BCUT2D eigenvalue weighted by Crippen LogP contribution is 2.34. The van der Waals surface area contributed by atoms with Crippen LogP contribution >= 0.6 is 27.5 Å². The van der Waals surface area contributed by atoms with E-state index in [1.807, 2.05) is 0 Å². The van der Waals surface area contributed by atoms with Crippen LogP contribution in [0.15, 0.2) is 22.7 Å². The zero-order valence-electron chi connectivity index (χ0n) is 10.0. The quantitative estimate of drug-likeness (QED) is 0.879. The molecule has 1 saturated carbocycles. The van der Waals surface area contributed by atoms with Gasteiger partial charge in [-0.15, -0.1) is 0 Å². The van der Waals surface area contributed by atoms with Gasteiger partial charge in [0, 0.05) is 4.47 Å². The minimum Gasteiger partial charge on any atom is -0.481 e. The van der Waals surface area contributed by atoms with Crippen molar-refractivity contribution in [3.63, 3.8) is 0 Å². The molecule has 0 heterocycles. The highest BCUT2D eigenvalue weighted by molar-refractivity contribution is 9.10. The maximum Gasteiger partial charge on any atom is 0.307 e. The van der Waals surface area contributed by atoms with Crippen LogP contribution in [0.2, 0.25) is 5.02 Å². The number of carbonyl (C=O) groups is 2. The Morgan fingerprint density at radius 1 is 1.32 bits per heavy atom. The molecule has 19 heavy (non-hydrogen) atoms. The zero-order valence-corrected chi connectivity index (χ0v) is 12.4. The third-order valence-electron chi connectivity index (χ3n) is 3.36. The summed E-state index contributed by atoms with van der Waals surface area (Å²) >= 11 is 9.29. The number of hydrogen-bond acceptors (Lipinski definition) is 2. The van der Waals surface area contributed by atoms with Crippen LogP contribution < -0.4 is 5.32 Å². The lowest BCUT2D eigenvalue weighted by Crippen LogP contribution is -2.30. The summed E-state index contributed by atoms with van der Waals surface area (Å²) in [7, 11) is 0. The van der Waals surface area contributed by atoms with E-state index in [1.54, 1.807) is 18.2 Å². The molecule has 1 aromatic rings. The predicted octanol–water partition coefficient (Wildman–Crippen LogP) is 3.54. The SMILES string of the molecule is O=C(O)C1CCCC1C(=O)Nc1cc(Br)ccc1Cl. The number of carboxylic acid groups (broad SMARTS) is 1. The van der Waals surface area contributed by atoms with E-state index in [-0.39, 0.29) is 5.91 Å². The van der Waals surface area contributed by atoms with Crippen molar-refractivity contribution >= 4 is 45.1 Å². The van der Waals surface area contributed by atoms with Gasteiger partial charge >= 0.3 is 5.97 Å². The van der Waals surface area contributed by atoms with E-state index in [2.05, 4.69) is 21.2 Å². The lowest BCUT2D eigenvalue weighted by molar-refractivity contribution is -0.145. The monoisotopic (exact) mass is 345 g/mol. The van der Waals surface area contributed by atoms with Crippen LogP contribution in [0.4, 0.5) is 5.69 Å². The number of hydrogen-bond donors (Lipinski definition) is 2. The maximum atomic E-state index is 12.1. The molecule has 2 unspecified atom stereocenters. The highest BCUT2D eigenvalue weighted by Gasteiger charge is 2.37. The van der Waals surface area contributed by atoms with Crippen LogP contribution in [0.3, 0.4) is 0 Å². The van der Waals surface area contributed by atoms with Gasteiger partial charge in [-0.1, -0.05) is 34.0 Å². The number of carbonyl (C=O) groups excluding carboxylic acids is 1. The normalized spacial score (nSPS) is 22.2. The summed E-state index contributed by atoms with van der Waals surface area (Å²) in [6.45, 7) is 0. The first-order valence-corrected chi connectivity index (χ1v) is 7.15. The minimum atomic E-state index is -0.905. The molecule has 1 fully saturated rings. The van der Waals surface area contributed by atoms with E-state index in [1.165, 1.54) is 0 Å². The first-order chi connectivity index (χ1) is 8.99. The Morgan fingerprint density at radius 2 is 2.00 bits per heavy atom. The van der Waals surface area contributed by atoms with Crippen molar-refractivity contribution < 1.29 is 14.7 Å². The van der Waals surface area contributed by atoms with Crippen molar-refractivity contribution in [3.05, 3.63) is 27.7 Å². The number of anilines is 1. The van der Waals surface area contributed by atoms with Crippen LogP contribution in [0, 0.1) is 11.8 Å². The molecule has 0 spiro atoms. The van der Waals surface area contributed by atoms with E-state index in [0.29, 0.717) is 23.6 Å². The molecular formula is C13H13BrClNO3. The average molecular weight is 347 g/mol. The Balaban J connectivity index is 2.12. The van der Waals surface area contributed by atoms with E-state index in [4.69, 9.17) is 16.7 Å². The second-order valence-electron chi connectivity index (χ2n) is 4.60. The van der Waals surface area contributed by atoms with Gasteiger partial charge in [0.15, 0.2) is 0 Å². The van der Waals surface area contributed by atoms with Crippen molar-refractivity contribution in [1.29, 1.82) is 0 Å². The van der Waals surface area contributed by atoms with Gasteiger partial charge in [-0.25, -0.2) is 0 Å². The number of amides is 1. The van der Waals surface area contributed by atoms with Gasteiger partial charge in [-0.2, -0.15) is 0 Å². The molecule has 0 bridgehead atoms. The van der Waals surface area contributed by atoms with E-state index in [0.717, 1.165) is 10.9 Å². The van der Waals surface area contributed by atoms with Gasteiger partial charge in [0.1, 0.15) is 0 Å². The lowest BCUT2D eigenvalue weighted by Gasteiger charge is -2.16. The Morgan fingerprint density at radius 3 is 2.68 bits per heavy atom. The molecule has 0 radical (unpaired) electrons. The van der Waals surface area contributed by atoms with Crippen molar-refractivity contribution in [2.45, 2.75) is 19.3 Å². The first-order valence-electron chi connectivity index (χ1n) is 5.98. The van der Waals surface area contributed by atoms with Gasteiger partial charge in [0.2, 0.25) is 5.91 Å². The Hall–Kier alpha value is -1.07. The van der Waals surface area contributed by atoms with Crippen LogP contribution in [-0.2, 0) is 9.59 Å². The fourth-order valence-corrected chi connectivity index (χ4v) is 2.91. The fraction of sp³-hybridized carbons (Fsp3) is 0.385. The molecule has 0 aliphatic heterocycles. The molecule has 1 aliphatic carbocycles. The molecule has 1 aliphatic rings. The van der Waals surface area contributed by atoms with Crippen molar-refractivity contribution in [2.75, 3.05) is 5.32 Å². The average Bonchev–Trinajstić information content (AvgIpc) is 2.83. The molecule has 6 heteroatoms. The molecule has 1 aromatic carbocycles. The lowest BCUT2D eigenvalue weighted by atomic mass is 9.95. The van der Waals surface area contributed by atoms with E-state index >= 15 is 0 Å². The summed E-state index contributed by atoms with van der Waals surface area (Å²) < 4.78 is 0.799. The van der Waals surface area contributed by atoms with Gasteiger partial charge in [0.05, 0.1) is 22.5 Å². The summed E-state index contributed by atoms with van der Waals surface area (Å²) in [5.41, 5.74) is 0.497. The number of halogens is 2. The summed E-state index contributed by atoms with van der Waals surface area (Å²) in [5, 5.41) is 12.2. The first kappa shape index (κ1) is 14.3. The second kappa shape index (κ2) is 5.92. The van der Waals surface area contributed by atoms with Gasteiger partial charge in [-0.05, 0) is 31.0 Å². The number of benzene rings is 1. The standard InChI is InChI=1S/C13H13BrClNO3/c14-7-4-5-10(15)11(6-7)16-12(17)8-2-1-3-9(8)13(18)19/h4-6,8-9H,1-3H2,(H,16,17)(H,18,19). The van der Waals surface area contributed by atoms with Crippen LogP contribution in [0.25, 0.3) is 0 Å². The molecule has 2 atom stereocenters. The Bertz CT molecular complexity index is 521. The smallest absolute Gasteiger partial charge is 0.307 e. The number of rotatable bonds is 3. The predicted molar refractivity (Wildman–Crippen MR) is 76.2 cm³/mol. The van der Waals surface area contributed by atoms with E-state index in [9.17, 15) is 9.59 Å². The minimum absolute atomic E-state index is 0.273. The van der Waals surface area contributed by atoms with Crippen LogP contribution in [-0.4, -0.2) is 17.0 Å². The number of nitrogens with one attached hydrogen (secondary N) is 1. The number of aliphatic carboxylic acids is 1. The highest BCUT2D eigenvalue weighted by atomic mass is 79.9. The largest absolute Gasteiger partial charge is 0.481 e. The molecule has 0 aromatic heterocycles. The fourth-order valence-electron chi connectivity index (χ4n) is 2.39. The molecule has 2 N–H and O–H groups in total.